The van der Waals surface area contributed by atoms with E-state index in [9.17, 15) is 0 Å². The maximum Gasteiger partial charge on any atom is 0.107 e. The van der Waals surface area contributed by atoms with Crippen molar-refractivity contribution < 1.29 is 0 Å². The first-order valence-corrected chi connectivity index (χ1v) is 7.61. The minimum atomic E-state index is 0.412. The van der Waals surface area contributed by atoms with Gasteiger partial charge in [0.1, 0.15) is 4.99 Å². The predicted octanol–water partition coefficient (Wildman–Crippen LogP) is 2.01. The Hall–Kier alpha value is -1.72. The zero-order valence-electron chi connectivity index (χ0n) is 12.4. The molecule has 1 aliphatic rings. The summed E-state index contributed by atoms with van der Waals surface area (Å²) in [5, 5.41) is 1.12. The third-order valence-electron chi connectivity index (χ3n) is 4.29. The van der Waals surface area contributed by atoms with Crippen LogP contribution in [0.3, 0.4) is 0 Å². The summed E-state index contributed by atoms with van der Waals surface area (Å²) in [6, 6.07) is 8.68. The van der Waals surface area contributed by atoms with Crippen molar-refractivity contribution in [1.29, 1.82) is 0 Å². The van der Waals surface area contributed by atoms with Crippen LogP contribution in [0.1, 0.15) is 12.5 Å². The second-order valence-corrected chi connectivity index (χ2v) is 6.12. The second-order valence-electron chi connectivity index (χ2n) is 5.68. The van der Waals surface area contributed by atoms with E-state index in [1.54, 1.807) is 0 Å². The number of anilines is 1. The van der Waals surface area contributed by atoms with Crippen molar-refractivity contribution in [2.24, 2.45) is 5.73 Å². The number of benzene rings is 1. The molecule has 1 atom stereocenters. The first-order valence-electron chi connectivity index (χ1n) is 7.20. The van der Waals surface area contributed by atoms with Crippen LogP contribution in [0.2, 0.25) is 0 Å². The molecule has 1 unspecified atom stereocenters. The third-order valence-corrected chi connectivity index (χ3v) is 4.51. The standard InChI is InChI=1S/C16H20N4S/c1-11-10-20(8-7-19(11)2)15-12-5-3-4-6-14(12)18-9-13(15)16(17)21/h3-6,9,11H,7-8,10H2,1-2H3,(H2,17,21). The van der Waals surface area contributed by atoms with E-state index < -0.39 is 0 Å². The maximum absolute atomic E-state index is 5.93. The van der Waals surface area contributed by atoms with Gasteiger partial charge in [-0.15, -0.1) is 0 Å². The number of nitrogens with zero attached hydrogens (tertiary/aromatic N) is 3. The van der Waals surface area contributed by atoms with E-state index in [4.69, 9.17) is 18.0 Å². The summed E-state index contributed by atoms with van der Waals surface area (Å²) < 4.78 is 0. The summed E-state index contributed by atoms with van der Waals surface area (Å²) in [6.45, 7) is 5.23. The molecule has 1 fully saturated rings. The van der Waals surface area contributed by atoms with Crippen molar-refractivity contribution in [3.63, 3.8) is 0 Å². The van der Waals surface area contributed by atoms with Crippen molar-refractivity contribution in [1.82, 2.24) is 9.88 Å². The monoisotopic (exact) mass is 300 g/mol. The van der Waals surface area contributed by atoms with Gasteiger partial charge in [-0.1, -0.05) is 30.4 Å². The Labute approximate surface area is 130 Å². The number of nitrogens with two attached hydrogens (primary N) is 1. The number of pyridine rings is 1. The molecule has 5 heteroatoms. The Morgan fingerprint density at radius 3 is 2.81 bits per heavy atom. The van der Waals surface area contributed by atoms with Crippen LogP contribution in [0, 0.1) is 0 Å². The SMILES string of the molecule is CC1CN(c2c(C(N)=S)cnc3ccccc23)CCN1C. The van der Waals surface area contributed by atoms with Gasteiger partial charge in [-0.2, -0.15) is 0 Å². The average molecular weight is 300 g/mol. The average Bonchev–Trinajstić information content (AvgIpc) is 2.49. The van der Waals surface area contributed by atoms with Gasteiger partial charge in [-0.25, -0.2) is 0 Å². The van der Waals surface area contributed by atoms with E-state index in [0.717, 1.165) is 41.8 Å². The minimum Gasteiger partial charge on any atom is -0.389 e. The summed E-state index contributed by atoms with van der Waals surface area (Å²) >= 11 is 5.24. The van der Waals surface area contributed by atoms with Gasteiger partial charge < -0.3 is 15.5 Å². The van der Waals surface area contributed by atoms with Crippen molar-refractivity contribution in [2.75, 3.05) is 31.6 Å². The highest BCUT2D eigenvalue weighted by atomic mass is 32.1. The molecule has 0 aliphatic carbocycles. The molecule has 2 aromatic rings. The molecule has 2 heterocycles. The van der Waals surface area contributed by atoms with Crippen molar-refractivity contribution in [3.05, 3.63) is 36.0 Å². The minimum absolute atomic E-state index is 0.412. The molecule has 110 valence electrons. The number of fused-ring (bicyclic) bond motifs is 1. The zero-order valence-corrected chi connectivity index (χ0v) is 13.2. The fraction of sp³-hybridized carbons (Fsp3) is 0.375. The maximum atomic E-state index is 5.93. The topological polar surface area (TPSA) is 45.4 Å². The normalized spacial score (nSPS) is 19.9. The van der Waals surface area contributed by atoms with Gasteiger partial charge in [-0.3, -0.25) is 4.98 Å². The highest BCUT2D eigenvalue weighted by Crippen LogP contribution is 2.31. The van der Waals surface area contributed by atoms with Crippen molar-refractivity contribution >= 4 is 33.8 Å². The first kappa shape index (κ1) is 14.2. The molecule has 0 radical (unpaired) electrons. The Bertz CT molecular complexity index is 685. The quantitative estimate of drug-likeness (QED) is 0.860. The Kier molecular flexibility index (Phi) is 3.78. The van der Waals surface area contributed by atoms with E-state index >= 15 is 0 Å². The van der Waals surface area contributed by atoms with Gasteiger partial charge in [0.15, 0.2) is 0 Å². The summed E-state index contributed by atoms with van der Waals surface area (Å²) in [5.74, 6) is 0. The molecule has 2 N–H and O–H groups in total. The first-order chi connectivity index (χ1) is 10.1. The van der Waals surface area contributed by atoms with Gasteiger partial charge >= 0.3 is 0 Å². The van der Waals surface area contributed by atoms with Gasteiger partial charge in [0.25, 0.3) is 0 Å². The molecule has 1 saturated heterocycles. The lowest BCUT2D eigenvalue weighted by atomic mass is 10.1. The number of aromatic nitrogens is 1. The molecule has 1 aromatic carbocycles. The van der Waals surface area contributed by atoms with Crippen LogP contribution in [0.5, 0.6) is 0 Å². The molecule has 0 saturated carbocycles. The lowest BCUT2D eigenvalue weighted by Crippen LogP contribution is -2.50. The number of likely N-dealkylation sites (N-methyl/N-ethyl adjacent to an activating group) is 1. The second kappa shape index (κ2) is 5.58. The summed E-state index contributed by atoms with van der Waals surface area (Å²) in [5.41, 5.74) is 8.92. The Morgan fingerprint density at radius 1 is 1.33 bits per heavy atom. The molecule has 4 nitrogen and oxygen atoms in total. The number of para-hydroxylation sites is 1. The van der Waals surface area contributed by atoms with E-state index in [-0.39, 0.29) is 0 Å². The zero-order chi connectivity index (χ0) is 15.0. The van der Waals surface area contributed by atoms with Gasteiger partial charge in [-0.05, 0) is 20.0 Å². The third kappa shape index (κ3) is 2.59. The van der Waals surface area contributed by atoms with E-state index in [1.165, 1.54) is 0 Å². The van der Waals surface area contributed by atoms with Crippen LogP contribution >= 0.6 is 12.2 Å². The fourth-order valence-electron chi connectivity index (χ4n) is 2.90. The summed E-state index contributed by atoms with van der Waals surface area (Å²) in [4.78, 5) is 9.67. The Balaban J connectivity index is 2.14. The lowest BCUT2D eigenvalue weighted by Gasteiger charge is -2.40. The van der Waals surface area contributed by atoms with Crippen LogP contribution in [0.15, 0.2) is 30.5 Å². The van der Waals surface area contributed by atoms with Gasteiger partial charge in [0.05, 0.1) is 16.8 Å². The molecular formula is C16H20N4S. The number of hydrogen-bond donors (Lipinski definition) is 1. The lowest BCUT2D eigenvalue weighted by molar-refractivity contribution is 0.234. The van der Waals surface area contributed by atoms with E-state index in [0.29, 0.717) is 11.0 Å². The summed E-state index contributed by atoms with van der Waals surface area (Å²) in [7, 11) is 2.17. The van der Waals surface area contributed by atoms with Crippen LogP contribution in [0.25, 0.3) is 10.9 Å². The predicted molar refractivity (Wildman–Crippen MR) is 91.9 cm³/mol. The summed E-state index contributed by atoms with van der Waals surface area (Å²) in [6.07, 6.45) is 1.81. The van der Waals surface area contributed by atoms with E-state index in [2.05, 4.69) is 34.8 Å². The molecular weight excluding hydrogens is 280 g/mol. The smallest absolute Gasteiger partial charge is 0.107 e. The molecule has 1 aromatic heterocycles. The Morgan fingerprint density at radius 2 is 2.10 bits per heavy atom. The van der Waals surface area contributed by atoms with Crippen molar-refractivity contribution in [3.8, 4) is 0 Å². The van der Waals surface area contributed by atoms with Crippen molar-refractivity contribution in [2.45, 2.75) is 13.0 Å². The van der Waals surface area contributed by atoms with Crippen LogP contribution < -0.4 is 10.6 Å². The molecule has 1 aliphatic heterocycles. The van der Waals surface area contributed by atoms with Gasteiger partial charge in [0, 0.05) is 37.3 Å². The largest absolute Gasteiger partial charge is 0.389 e. The highest BCUT2D eigenvalue weighted by Gasteiger charge is 2.24. The highest BCUT2D eigenvalue weighted by molar-refractivity contribution is 7.80. The van der Waals surface area contributed by atoms with Crippen LogP contribution in [0.4, 0.5) is 5.69 Å². The van der Waals surface area contributed by atoms with Crippen LogP contribution in [-0.2, 0) is 0 Å². The molecule has 0 spiro atoms. The van der Waals surface area contributed by atoms with Crippen LogP contribution in [-0.4, -0.2) is 47.6 Å². The number of piperazine rings is 1. The number of hydrogen-bond acceptors (Lipinski definition) is 4. The molecule has 0 amide bonds. The molecule has 0 bridgehead atoms. The fourth-order valence-corrected chi connectivity index (χ4v) is 3.05. The molecule has 3 rings (SSSR count). The number of thiocarbonyl (C=S) groups is 1. The van der Waals surface area contributed by atoms with Gasteiger partial charge in [0.2, 0.25) is 0 Å². The van der Waals surface area contributed by atoms with E-state index in [1.807, 2.05) is 24.4 Å². The molecule has 21 heavy (non-hydrogen) atoms. The number of rotatable bonds is 2.